The van der Waals surface area contributed by atoms with Gasteiger partial charge in [-0.05, 0) is 43.0 Å². The zero-order valence-corrected chi connectivity index (χ0v) is 17.0. The maximum atomic E-state index is 13.1. The first kappa shape index (κ1) is 21.7. The summed E-state index contributed by atoms with van der Waals surface area (Å²) in [5, 5.41) is 12.1. The summed E-state index contributed by atoms with van der Waals surface area (Å²) in [5.41, 5.74) is 0.509. The fourth-order valence-corrected chi connectivity index (χ4v) is 4.00. The van der Waals surface area contributed by atoms with Gasteiger partial charge >= 0.3 is 5.97 Å². The fourth-order valence-electron chi connectivity index (χ4n) is 4.00. The van der Waals surface area contributed by atoms with E-state index in [9.17, 15) is 28.7 Å². The molecule has 9 heteroatoms. The van der Waals surface area contributed by atoms with E-state index in [-0.39, 0.29) is 24.8 Å². The molecule has 30 heavy (non-hydrogen) atoms. The Morgan fingerprint density at radius 2 is 1.87 bits per heavy atom. The number of carbonyl (C=O) groups is 4. The zero-order valence-electron chi connectivity index (χ0n) is 17.0. The number of nitrogens with one attached hydrogen (secondary N) is 1. The summed E-state index contributed by atoms with van der Waals surface area (Å²) in [6.45, 7) is 4.03. The van der Waals surface area contributed by atoms with Crippen LogP contribution in [0.4, 0.5) is 10.1 Å². The van der Waals surface area contributed by atoms with E-state index in [4.69, 9.17) is 0 Å². The smallest absolute Gasteiger partial charge is 0.326 e. The average molecular weight is 419 g/mol. The van der Waals surface area contributed by atoms with E-state index in [1.807, 2.05) is 0 Å². The maximum absolute atomic E-state index is 13.1. The molecule has 1 aromatic rings. The second kappa shape index (κ2) is 8.81. The fraction of sp³-hybridized carbons (Fsp3) is 0.524. The van der Waals surface area contributed by atoms with Crippen LogP contribution in [-0.2, 0) is 19.2 Å². The molecule has 0 aliphatic carbocycles. The molecule has 3 rings (SSSR count). The summed E-state index contributed by atoms with van der Waals surface area (Å²) in [5.74, 6) is -3.45. The summed E-state index contributed by atoms with van der Waals surface area (Å²) in [7, 11) is 0. The predicted molar refractivity (Wildman–Crippen MR) is 106 cm³/mol. The van der Waals surface area contributed by atoms with Crippen LogP contribution in [0.3, 0.4) is 0 Å². The lowest BCUT2D eigenvalue weighted by Crippen LogP contribution is -2.54. The molecular formula is C21H26FN3O5. The van der Waals surface area contributed by atoms with Crippen LogP contribution in [0.2, 0.25) is 0 Å². The average Bonchev–Trinajstić information content (AvgIpc) is 3.33. The Balaban J connectivity index is 1.68. The summed E-state index contributed by atoms with van der Waals surface area (Å²) < 4.78 is 13.1. The van der Waals surface area contributed by atoms with Crippen molar-refractivity contribution < 1.29 is 28.7 Å². The molecule has 0 unspecified atom stereocenters. The molecule has 1 aromatic carbocycles. The lowest BCUT2D eigenvalue weighted by Gasteiger charge is -2.30. The molecule has 2 fully saturated rings. The van der Waals surface area contributed by atoms with Crippen molar-refractivity contribution in [1.29, 1.82) is 0 Å². The highest BCUT2D eigenvalue weighted by Crippen LogP contribution is 2.26. The SMILES string of the molecule is CC(C)[C@H](NC(=O)[C@H]1CC(=O)N(c2ccc(F)cc2)C1)C(=O)N1CCC[C@@H]1C(=O)O. The second-order valence-corrected chi connectivity index (χ2v) is 8.14. The van der Waals surface area contributed by atoms with Crippen molar-refractivity contribution >= 4 is 29.4 Å². The summed E-state index contributed by atoms with van der Waals surface area (Å²) in [4.78, 5) is 52.3. The van der Waals surface area contributed by atoms with Crippen molar-refractivity contribution in [2.45, 2.75) is 45.2 Å². The van der Waals surface area contributed by atoms with E-state index in [0.29, 0.717) is 25.1 Å². The largest absolute Gasteiger partial charge is 0.480 e. The molecule has 8 nitrogen and oxygen atoms in total. The van der Waals surface area contributed by atoms with Crippen LogP contribution in [0.15, 0.2) is 24.3 Å². The van der Waals surface area contributed by atoms with Gasteiger partial charge in [-0.25, -0.2) is 9.18 Å². The van der Waals surface area contributed by atoms with Gasteiger partial charge in [-0.15, -0.1) is 0 Å². The lowest BCUT2D eigenvalue weighted by atomic mass is 10.00. The Kier molecular flexibility index (Phi) is 6.38. The monoisotopic (exact) mass is 419 g/mol. The zero-order chi connectivity index (χ0) is 22.0. The van der Waals surface area contributed by atoms with Crippen molar-refractivity contribution in [3.63, 3.8) is 0 Å². The molecule has 0 aromatic heterocycles. The Morgan fingerprint density at radius 1 is 1.20 bits per heavy atom. The van der Waals surface area contributed by atoms with E-state index in [0.717, 1.165) is 0 Å². The van der Waals surface area contributed by atoms with Gasteiger partial charge in [0.15, 0.2) is 0 Å². The van der Waals surface area contributed by atoms with E-state index < -0.39 is 41.6 Å². The summed E-state index contributed by atoms with van der Waals surface area (Å²) in [6.07, 6.45) is 0.985. The molecule has 162 valence electrons. The quantitative estimate of drug-likeness (QED) is 0.725. The van der Waals surface area contributed by atoms with Gasteiger partial charge in [-0.1, -0.05) is 13.8 Å². The number of likely N-dealkylation sites (tertiary alicyclic amines) is 1. The molecule has 2 aliphatic heterocycles. The normalized spacial score (nSPS) is 22.5. The van der Waals surface area contributed by atoms with Crippen molar-refractivity contribution in [1.82, 2.24) is 10.2 Å². The van der Waals surface area contributed by atoms with Crippen LogP contribution in [-0.4, -0.2) is 58.9 Å². The van der Waals surface area contributed by atoms with Crippen LogP contribution < -0.4 is 10.2 Å². The van der Waals surface area contributed by atoms with Gasteiger partial charge in [-0.2, -0.15) is 0 Å². The predicted octanol–water partition coefficient (Wildman–Crippen LogP) is 1.39. The first-order valence-electron chi connectivity index (χ1n) is 10.1. The summed E-state index contributed by atoms with van der Waals surface area (Å²) >= 11 is 0. The molecule has 2 aliphatic rings. The first-order valence-corrected chi connectivity index (χ1v) is 10.1. The lowest BCUT2D eigenvalue weighted by molar-refractivity contribution is -0.150. The number of hydrogen-bond acceptors (Lipinski definition) is 4. The van der Waals surface area contributed by atoms with Gasteiger partial charge in [0, 0.05) is 25.2 Å². The molecule has 0 radical (unpaired) electrons. The number of aliphatic carboxylic acids is 1. The molecule has 3 atom stereocenters. The number of anilines is 1. The minimum atomic E-state index is -1.05. The standard InChI is InChI=1S/C21H26FN3O5/c1-12(2)18(20(28)24-9-3-4-16(24)21(29)30)23-19(27)13-10-17(26)25(11-13)15-7-5-14(22)6-8-15/h5-8,12-13,16,18H,3-4,9-11H2,1-2H3,(H,23,27)(H,29,30)/t13-,16+,18-/m0/s1. The van der Waals surface area contributed by atoms with Crippen LogP contribution in [0.1, 0.15) is 33.1 Å². The number of nitrogens with zero attached hydrogens (tertiary/aromatic N) is 2. The molecule has 2 heterocycles. The number of amides is 3. The number of halogens is 1. The molecule has 2 N–H and O–H groups in total. The third-order valence-electron chi connectivity index (χ3n) is 5.69. The van der Waals surface area contributed by atoms with Crippen molar-refractivity contribution in [3.05, 3.63) is 30.1 Å². The van der Waals surface area contributed by atoms with Crippen molar-refractivity contribution in [2.24, 2.45) is 11.8 Å². The summed E-state index contributed by atoms with van der Waals surface area (Å²) in [6, 6.07) is 3.71. The van der Waals surface area contributed by atoms with Gasteiger partial charge in [-0.3, -0.25) is 14.4 Å². The van der Waals surface area contributed by atoms with Crippen LogP contribution in [0.5, 0.6) is 0 Å². The highest BCUT2D eigenvalue weighted by Gasteiger charge is 2.41. The van der Waals surface area contributed by atoms with Gasteiger partial charge in [0.25, 0.3) is 0 Å². The molecule has 0 spiro atoms. The van der Waals surface area contributed by atoms with Gasteiger partial charge in [0.05, 0.1) is 5.92 Å². The molecule has 2 saturated heterocycles. The Morgan fingerprint density at radius 3 is 2.47 bits per heavy atom. The third-order valence-corrected chi connectivity index (χ3v) is 5.69. The highest BCUT2D eigenvalue weighted by atomic mass is 19.1. The minimum Gasteiger partial charge on any atom is -0.480 e. The number of benzene rings is 1. The Bertz CT molecular complexity index is 842. The van der Waals surface area contributed by atoms with Gasteiger partial charge in [0.2, 0.25) is 17.7 Å². The molecule has 3 amide bonds. The third kappa shape index (κ3) is 4.44. The van der Waals surface area contributed by atoms with E-state index in [2.05, 4.69) is 5.32 Å². The first-order chi connectivity index (χ1) is 14.2. The number of hydrogen-bond donors (Lipinski definition) is 2. The minimum absolute atomic E-state index is 0.0102. The topological polar surface area (TPSA) is 107 Å². The molecule has 0 bridgehead atoms. The highest BCUT2D eigenvalue weighted by molar-refractivity contribution is 6.01. The van der Waals surface area contributed by atoms with Crippen LogP contribution in [0, 0.1) is 17.7 Å². The number of carbonyl (C=O) groups excluding carboxylic acids is 3. The van der Waals surface area contributed by atoms with Crippen molar-refractivity contribution in [3.8, 4) is 0 Å². The van der Waals surface area contributed by atoms with E-state index in [1.54, 1.807) is 13.8 Å². The second-order valence-electron chi connectivity index (χ2n) is 8.14. The number of carboxylic acids is 1. The van der Waals surface area contributed by atoms with Crippen LogP contribution in [0.25, 0.3) is 0 Å². The number of carboxylic acid groups (broad SMARTS) is 1. The van der Waals surface area contributed by atoms with E-state index >= 15 is 0 Å². The molecule has 0 saturated carbocycles. The Labute approximate surface area is 174 Å². The Hall–Kier alpha value is -2.97. The van der Waals surface area contributed by atoms with Crippen molar-refractivity contribution in [2.75, 3.05) is 18.0 Å². The maximum Gasteiger partial charge on any atom is 0.326 e. The van der Waals surface area contributed by atoms with Gasteiger partial charge in [0.1, 0.15) is 17.9 Å². The molecular weight excluding hydrogens is 393 g/mol. The van der Waals surface area contributed by atoms with Crippen LogP contribution >= 0.6 is 0 Å². The van der Waals surface area contributed by atoms with Gasteiger partial charge < -0.3 is 20.2 Å². The number of rotatable bonds is 6. The van der Waals surface area contributed by atoms with E-state index in [1.165, 1.54) is 34.1 Å².